The van der Waals surface area contributed by atoms with Crippen molar-refractivity contribution in [2.24, 2.45) is 0 Å². The molecule has 1 aliphatic rings. The number of nitrogens with zero attached hydrogens (tertiary/aromatic N) is 2. The van der Waals surface area contributed by atoms with Crippen LogP contribution in [0.25, 0.3) is 0 Å². The van der Waals surface area contributed by atoms with Gasteiger partial charge in [-0.25, -0.2) is 12.8 Å². The Morgan fingerprint density at radius 2 is 1.64 bits per heavy atom. The summed E-state index contributed by atoms with van der Waals surface area (Å²) in [7, 11) is -1.77. The minimum atomic E-state index is -4.40. The lowest BCUT2D eigenvalue weighted by Gasteiger charge is -2.39. The number of carbonyl (C=O) groups is 1. The first-order valence-corrected chi connectivity index (χ1v) is 12.3. The van der Waals surface area contributed by atoms with Gasteiger partial charge in [-0.1, -0.05) is 24.3 Å². The van der Waals surface area contributed by atoms with E-state index in [9.17, 15) is 30.8 Å². The maximum atomic E-state index is 14.9. The molecule has 0 unspecified atom stereocenters. The summed E-state index contributed by atoms with van der Waals surface area (Å²) in [6.07, 6.45) is -4.16. The molecule has 0 radical (unpaired) electrons. The lowest BCUT2D eigenvalue weighted by Crippen LogP contribution is -2.53. The number of benzene rings is 2. The SMILES string of the molecule is CN(C(=O)Cc1ccc(S(C)(=O)=O)cc1)[C@@H]1CCN(Cc2ccc(C(F)(F)F)cc2)C[C@@H]1F. The van der Waals surface area contributed by atoms with Gasteiger partial charge in [0, 0.05) is 32.9 Å². The third-order valence-electron chi connectivity index (χ3n) is 5.88. The van der Waals surface area contributed by atoms with Crippen LogP contribution in [-0.4, -0.2) is 62.7 Å². The van der Waals surface area contributed by atoms with Gasteiger partial charge in [-0.3, -0.25) is 9.69 Å². The van der Waals surface area contributed by atoms with Gasteiger partial charge >= 0.3 is 6.18 Å². The van der Waals surface area contributed by atoms with Crippen molar-refractivity contribution in [3.05, 3.63) is 65.2 Å². The van der Waals surface area contributed by atoms with Crippen LogP contribution in [0.5, 0.6) is 0 Å². The topological polar surface area (TPSA) is 57.7 Å². The molecule has 180 valence electrons. The lowest BCUT2D eigenvalue weighted by atomic mass is 10.00. The number of alkyl halides is 4. The third-order valence-corrected chi connectivity index (χ3v) is 7.00. The van der Waals surface area contributed by atoms with Crippen molar-refractivity contribution in [3.8, 4) is 0 Å². The van der Waals surface area contributed by atoms with Crippen molar-refractivity contribution in [1.29, 1.82) is 0 Å². The number of piperidine rings is 1. The van der Waals surface area contributed by atoms with Crippen LogP contribution in [0.1, 0.15) is 23.1 Å². The summed E-state index contributed by atoms with van der Waals surface area (Å²) in [5.41, 5.74) is 0.574. The number of amides is 1. The fraction of sp³-hybridized carbons (Fsp3) is 0.435. The molecule has 3 rings (SSSR count). The van der Waals surface area contributed by atoms with Gasteiger partial charge in [0.25, 0.3) is 0 Å². The van der Waals surface area contributed by atoms with E-state index >= 15 is 0 Å². The zero-order chi connectivity index (χ0) is 24.4. The number of rotatable bonds is 6. The molecule has 5 nitrogen and oxygen atoms in total. The Hall–Kier alpha value is -2.46. The first kappa shape index (κ1) is 25.2. The van der Waals surface area contributed by atoms with Gasteiger partial charge in [-0.15, -0.1) is 0 Å². The smallest absolute Gasteiger partial charge is 0.339 e. The van der Waals surface area contributed by atoms with Gasteiger partial charge in [0.1, 0.15) is 6.17 Å². The molecule has 2 aromatic carbocycles. The van der Waals surface area contributed by atoms with E-state index in [2.05, 4.69) is 0 Å². The highest BCUT2D eigenvalue weighted by molar-refractivity contribution is 7.90. The van der Waals surface area contributed by atoms with Crippen molar-refractivity contribution in [1.82, 2.24) is 9.80 Å². The minimum Gasteiger partial charge on any atom is -0.339 e. The maximum Gasteiger partial charge on any atom is 0.416 e. The Bertz CT molecular complexity index is 1070. The van der Waals surface area contributed by atoms with Gasteiger partial charge < -0.3 is 4.90 Å². The molecule has 1 fully saturated rings. The molecule has 2 aromatic rings. The highest BCUT2D eigenvalue weighted by atomic mass is 32.2. The Kier molecular flexibility index (Phi) is 7.48. The van der Waals surface area contributed by atoms with Gasteiger partial charge in [0.2, 0.25) is 5.91 Å². The van der Waals surface area contributed by atoms with Gasteiger partial charge in [-0.2, -0.15) is 13.2 Å². The lowest BCUT2D eigenvalue weighted by molar-refractivity contribution is -0.137. The molecule has 10 heteroatoms. The van der Waals surface area contributed by atoms with E-state index in [-0.39, 0.29) is 23.8 Å². The van der Waals surface area contributed by atoms with Gasteiger partial charge in [-0.05, 0) is 41.8 Å². The molecule has 1 saturated heterocycles. The second kappa shape index (κ2) is 9.80. The Balaban J connectivity index is 1.54. The summed E-state index contributed by atoms with van der Waals surface area (Å²) in [5, 5.41) is 0. The zero-order valence-electron chi connectivity index (χ0n) is 18.3. The first-order chi connectivity index (χ1) is 15.3. The number of likely N-dealkylation sites (tertiary alicyclic amines) is 1. The molecule has 0 N–H and O–H groups in total. The molecule has 0 spiro atoms. The number of halogens is 4. The fourth-order valence-corrected chi connectivity index (χ4v) is 4.56. The summed E-state index contributed by atoms with van der Waals surface area (Å²) in [4.78, 5) is 16.0. The average molecular weight is 487 g/mol. The van der Waals surface area contributed by atoms with E-state index in [4.69, 9.17) is 0 Å². The van der Waals surface area contributed by atoms with E-state index in [1.807, 2.05) is 4.90 Å². The van der Waals surface area contributed by atoms with Crippen LogP contribution in [0.2, 0.25) is 0 Å². The normalized spacial score (nSPS) is 19.9. The average Bonchev–Trinajstić information content (AvgIpc) is 2.73. The molecule has 1 aliphatic heterocycles. The number of likely N-dealkylation sites (N-methyl/N-ethyl adjacent to an activating group) is 1. The van der Waals surface area contributed by atoms with Crippen LogP contribution >= 0.6 is 0 Å². The quantitative estimate of drug-likeness (QED) is 0.584. The van der Waals surface area contributed by atoms with Crippen LogP contribution in [-0.2, 0) is 33.8 Å². The zero-order valence-corrected chi connectivity index (χ0v) is 19.2. The molecule has 1 heterocycles. The molecule has 0 aliphatic carbocycles. The third kappa shape index (κ3) is 6.54. The highest BCUT2D eigenvalue weighted by Gasteiger charge is 2.34. The van der Waals surface area contributed by atoms with Crippen molar-refractivity contribution in [2.75, 3.05) is 26.4 Å². The van der Waals surface area contributed by atoms with Gasteiger partial charge in [0.05, 0.1) is 22.9 Å². The molecule has 33 heavy (non-hydrogen) atoms. The molecule has 0 saturated carbocycles. The second-order valence-electron chi connectivity index (χ2n) is 8.40. The van der Waals surface area contributed by atoms with Crippen LogP contribution in [0.4, 0.5) is 17.6 Å². The van der Waals surface area contributed by atoms with Crippen LogP contribution in [0, 0.1) is 0 Å². The van der Waals surface area contributed by atoms with E-state index in [0.717, 1.165) is 18.4 Å². The molecule has 1 amide bonds. The predicted molar refractivity (Wildman–Crippen MR) is 116 cm³/mol. The largest absolute Gasteiger partial charge is 0.416 e. The maximum absolute atomic E-state index is 14.9. The summed E-state index contributed by atoms with van der Waals surface area (Å²) in [6, 6.07) is 10.2. The monoisotopic (exact) mass is 486 g/mol. The molecule has 0 aromatic heterocycles. The first-order valence-electron chi connectivity index (χ1n) is 10.4. The van der Waals surface area contributed by atoms with Crippen LogP contribution in [0.3, 0.4) is 0 Å². The van der Waals surface area contributed by atoms with E-state index < -0.39 is 33.8 Å². The highest BCUT2D eigenvalue weighted by Crippen LogP contribution is 2.29. The molecular formula is C23H26F4N2O3S. The van der Waals surface area contributed by atoms with Crippen LogP contribution < -0.4 is 0 Å². The number of sulfone groups is 1. The van der Waals surface area contributed by atoms with Crippen molar-refractivity contribution >= 4 is 15.7 Å². The molecule has 2 atom stereocenters. The van der Waals surface area contributed by atoms with E-state index in [1.54, 1.807) is 19.2 Å². The van der Waals surface area contributed by atoms with Crippen molar-refractivity contribution in [3.63, 3.8) is 0 Å². The van der Waals surface area contributed by atoms with Crippen molar-refractivity contribution in [2.45, 2.75) is 42.7 Å². The predicted octanol–water partition coefficient (Wildman–Crippen LogP) is 3.72. The number of carbonyl (C=O) groups excluding carboxylic acids is 1. The van der Waals surface area contributed by atoms with Crippen molar-refractivity contribution < 1.29 is 30.8 Å². The molecule has 0 bridgehead atoms. The summed E-state index contributed by atoms with van der Waals surface area (Å²) < 4.78 is 76.1. The minimum absolute atomic E-state index is 0.0268. The summed E-state index contributed by atoms with van der Waals surface area (Å²) in [6.45, 7) is 0.911. The second-order valence-corrected chi connectivity index (χ2v) is 10.4. The number of hydrogen-bond acceptors (Lipinski definition) is 4. The Morgan fingerprint density at radius 1 is 1.06 bits per heavy atom. The Morgan fingerprint density at radius 3 is 2.15 bits per heavy atom. The Labute approximate surface area is 190 Å². The standard InChI is InChI=1S/C23H26F4N2O3S/c1-28(22(30)13-16-5-9-19(10-6-16)33(2,31)32)21-11-12-29(15-20(21)24)14-17-3-7-18(8-4-17)23(25,26)27/h3-10,20-21H,11-15H2,1-2H3/t20-,21+/m0/s1. The van der Waals surface area contributed by atoms with E-state index in [1.165, 1.54) is 29.2 Å². The number of hydrogen-bond donors (Lipinski definition) is 0. The fourth-order valence-electron chi connectivity index (χ4n) is 3.93. The van der Waals surface area contributed by atoms with Gasteiger partial charge in [0.15, 0.2) is 9.84 Å². The summed E-state index contributed by atoms with van der Waals surface area (Å²) in [5.74, 6) is -0.272. The summed E-state index contributed by atoms with van der Waals surface area (Å²) >= 11 is 0. The van der Waals surface area contributed by atoms with Crippen LogP contribution in [0.15, 0.2) is 53.4 Å². The van der Waals surface area contributed by atoms with E-state index in [0.29, 0.717) is 30.6 Å². The molecular weight excluding hydrogens is 460 g/mol.